The molecule has 5 nitrogen and oxygen atoms in total. The van der Waals surface area contributed by atoms with Crippen LogP contribution >= 0.6 is 0 Å². The third-order valence-corrected chi connectivity index (χ3v) is 15.4. The molecule has 2 aliphatic carbocycles. The van der Waals surface area contributed by atoms with Gasteiger partial charge < -0.3 is 8.98 Å². The lowest BCUT2D eigenvalue weighted by Gasteiger charge is -2.36. The molecule has 0 N–H and O–H groups in total. The number of para-hydroxylation sites is 2. The smallest absolute Gasteiger partial charge is 0.236 e. The van der Waals surface area contributed by atoms with Crippen LogP contribution in [0.5, 0.6) is 0 Å². The average Bonchev–Trinajstić information content (AvgIpc) is 4.06. The molecule has 306 valence electrons. The molecule has 2 aliphatic rings. The summed E-state index contributed by atoms with van der Waals surface area (Å²) >= 11 is 0. The molecule has 15 rings (SSSR count). The highest BCUT2D eigenvalue weighted by Crippen LogP contribution is 2.60. The SMILES string of the molecule is CC1(C)c2c(cc3ccc4cccc5c4c3c2n5-c2nc(-c3ccc4c(c3)c3ccccc3n4-c3ccccc3)c3oc4c5ccccc5c5ccccc5c4c3n2)C2(C)C=CC=CC12. The molecular formula is C60H40N4O. The van der Waals surface area contributed by atoms with Crippen molar-refractivity contribution in [3.8, 4) is 22.9 Å². The molecule has 0 bridgehead atoms. The predicted octanol–water partition coefficient (Wildman–Crippen LogP) is 15.4. The Morgan fingerprint density at radius 1 is 0.523 bits per heavy atom. The number of nitrogens with zero attached hydrogens (tertiary/aromatic N) is 4. The second-order valence-electron chi connectivity index (χ2n) is 19.1. The standard InChI is InChI=1S/C60H40N4O/c1-59(2)48-26-13-14-31-60(48,3)44-33-35-28-27-34-16-15-25-47-49(34)50(35)55(52(44)59)64(47)58-61-53(36-29-30-46-43(32-36)40-21-11-12-24-45(40)63(46)37-17-5-4-6-18-37)57-54(62-58)51-41-22-9-7-19-38(41)39-20-8-10-23-42(39)56(51)65-57/h4-33,48H,1-3H3. The molecule has 0 saturated heterocycles. The zero-order chi connectivity index (χ0) is 42.9. The van der Waals surface area contributed by atoms with Crippen LogP contribution in [0.15, 0.2) is 186 Å². The summed E-state index contributed by atoms with van der Waals surface area (Å²) in [7, 11) is 0. The largest absolute Gasteiger partial charge is 0.451 e. The van der Waals surface area contributed by atoms with E-state index in [9.17, 15) is 0 Å². The topological polar surface area (TPSA) is 48.8 Å². The minimum absolute atomic E-state index is 0.168. The van der Waals surface area contributed by atoms with Crippen LogP contribution in [0.2, 0.25) is 0 Å². The number of aromatic nitrogens is 4. The molecule has 4 aromatic heterocycles. The Hall–Kier alpha value is -8.02. The summed E-state index contributed by atoms with van der Waals surface area (Å²) in [5.74, 6) is 0.921. The van der Waals surface area contributed by atoms with Gasteiger partial charge in [0, 0.05) is 43.6 Å². The fourth-order valence-electron chi connectivity index (χ4n) is 12.7. The molecular weight excluding hydrogens is 793 g/mol. The summed E-state index contributed by atoms with van der Waals surface area (Å²) in [4.78, 5) is 11.6. The first-order valence-corrected chi connectivity index (χ1v) is 22.7. The number of fused-ring (bicyclic) bond motifs is 15. The van der Waals surface area contributed by atoms with Crippen molar-refractivity contribution in [2.75, 3.05) is 0 Å². The Morgan fingerprint density at radius 2 is 1.23 bits per heavy atom. The highest BCUT2D eigenvalue weighted by atomic mass is 16.3. The van der Waals surface area contributed by atoms with Gasteiger partial charge in [0.1, 0.15) is 16.8 Å². The monoisotopic (exact) mass is 832 g/mol. The Morgan fingerprint density at radius 3 is 2.08 bits per heavy atom. The van der Waals surface area contributed by atoms with Gasteiger partial charge in [-0.15, -0.1) is 0 Å². The van der Waals surface area contributed by atoms with E-state index < -0.39 is 0 Å². The Kier molecular flexibility index (Phi) is 6.63. The van der Waals surface area contributed by atoms with Gasteiger partial charge in [-0.25, -0.2) is 9.97 Å². The van der Waals surface area contributed by atoms with Crippen LogP contribution in [0.25, 0.3) is 121 Å². The van der Waals surface area contributed by atoms with Gasteiger partial charge in [0.2, 0.25) is 5.95 Å². The van der Waals surface area contributed by atoms with Crippen molar-refractivity contribution < 1.29 is 4.42 Å². The van der Waals surface area contributed by atoms with Crippen molar-refractivity contribution in [3.05, 3.63) is 193 Å². The molecule has 0 amide bonds. The first kappa shape index (κ1) is 35.4. The van der Waals surface area contributed by atoms with Gasteiger partial charge in [-0.2, -0.15) is 0 Å². The zero-order valence-corrected chi connectivity index (χ0v) is 36.1. The van der Waals surface area contributed by atoms with E-state index in [4.69, 9.17) is 14.4 Å². The first-order chi connectivity index (χ1) is 31.9. The first-order valence-electron chi connectivity index (χ1n) is 22.7. The van der Waals surface area contributed by atoms with E-state index in [1.807, 2.05) is 0 Å². The molecule has 0 saturated carbocycles. The summed E-state index contributed by atoms with van der Waals surface area (Å²) in [6.45, 7) is 7.30. The third kappa shape index (κ3) is 4.38. The molecule has 13 aromatic rings. The second-order valence-corrected chi connectivity index (χ2v) is 19.1. The summed E-state index contributed by atoms with van der Waals surface area (Å²) in [5.41, 5.74) is 12.2. The Bertz CT molecular complexity index is 4290. The quantitative estimate of drug-likeness (QED) is 0.167. The summed E-state index contributed by atoms with van der Waals surface area (Å²) in [6, 6.07) is 57.2. The molecule has 0 fully saturated rings. The normalized spacial score (nSPS) is 18.0. The molecule has 5 heteroatoms. The van der Waals surface area contributed by atoms with Crippen molar-refractivity contribution in [2.45, 2.75) is 31.6 Å². The van der Waals surface area contributed by atoms with E-state index in [0.717, 1.165) is 71.5 Å². The van der Waals surface area contributed by atoms with Crippen LogP contribution in [0.3, 0.4) is 0 Å². The average molecular weight is 833 g/mol. The van der Waals surface area contributed by atoms with Gasteiger partial charge in [0.25, 0.3) is 0 Å². The van der Waals surface area contributed by atoms with Crippen molar-refractivity contribution in [2.24, 2.45) is 5.92 Å². The van der Waals surface area contributed by atoms with Crippen LogP contribution in [0.4, 0.5) is 0 Å². The maximum Gasteiger partial charge on any atom is 0.236 e. The summed E-state index contributed by atoms with van der Waals surface area (Å²) in [5, 5.41) is 12.8. The number of furan rings is 1. The van der Waals surface area contributed by atoms with Gasteiger partial charge in [-0.05, 0) is 91.9 Å². The summed E-state index contributed by atoms with van der Waals surface area (Å²) < 4.78 is 12.0. The van der Waals surface area contributed by atoms with Crippen molar-refractivity contribution in [3.63, 3.8) is 0 Å². The molecule has 0 radical (unpaired) electrons. The minimum Gasteiger partial charge on any atom is -0.451 e. The second kappa shape index (κ2) is 12.2. The Labute approximate surface area is 373 Å². The molecule has 2 unspecified atom stereocenters. The van der Waals surface area contributed by atoms with Gasteiger partial charge in [0.05, 0.1) is 27.5 Å². The maximum absolute atomic E-state index is 7.25. The van der Waals surface area contributed by atoms with Crippen LogP contribution < -0.4 is 0 Å². The molecule has 2 atom stereocenters. The van der Waals surface area contributed by atoms with E-state index in [-0.39, 0.29) is 16.7 Å². The van der Waals surface area contributed by atoms with Gasteiger partial charge in [-0.3, -0.25) is 4.57 Å². The number of hydrogen-bond acceptors (Lipinski definition) is 3. The van der Waals surface area contributed by atoms with Crippen molar-refractivity contribution in [1.82, 2.24) is 19.1 Å². The van der Waals surface area contributed by atoms with Crippen molar-refractivity contribution in [1.29, 1.82) is 0 Å². The van der Waals surface area contributed by atoms with Crippen LogP contribution in [0.1, 0.15) is 31.9 Å². The minimum atomic E-state index is -0.195. The lowest BCUT2D eigenvalue weighted by Crippen LogP contribution is -2.34. The van der Waals surface area contributed by atoms with Gasteiger partial charge >= 0.3 is 0 Å². The summed E-state index contributed by atoms with van der Waals surface area (Å²) in [6.07, 6.45) is 9.32. The number of hydrogen-bond donors (Lipinski definition) is 0. The van der Waals surface area contributed by atoms with Crippen LogP contribution in [-0.2, 0) is 10.8 Å². The van der Waals surface area contributed by atoms with Crippen LogP contribution in [-0.4, -0.2) is 19.1 Å². The molecule has 9 aromatic carbocycles. The van der Waals surface area contributed by atoms with E-state index in [2.05, 4.69) is 212 Å². The number of benzene rings is 9. The molecule has 0 aliphatic heterocycles. The third-order valence-electron chi connectivity index (χ3n) is 15.4. The lowest BCUT2D eigenvalue weighted by atomic mass is 9.67. The van der Waals surface area contributed by atoms with E-state index in [1.54, 1.807) is 0 Å². The molecule has 0 spiro atoms. The number of rotatable bonds is 3. The highest BCUT2D eigenvalue weighted by molar-refractivity contribution is 6.30. The number of allylic oxidation sites excluding steroid dienone is 4. The van der Waals surface area contributed by atoms with Gasteiger partial charge in [0.15, 0.2) is 5.58 Å². The fourth-order valence-corrected chi connectivity index (χ4v) is 12.7. The fraction of sp³-hybridized carbons (Fsp3) is 0.100. The van der Waals surface area contributed by atoms with E-state index in [1.165, 1.54) is 49.0 Å². The van der Waals surface area contributed by atoms with E-state index in [0.29, 0.717) is 11.5 Å². The predicted molar refractivity (Wildman–Crippen MR) is 269 cm³/mol. The molecule has 4 heterocycles. The van der Waals surface area contributed by atoms with Crippen LogP contribution in [0, 0.1) is 5.92 Å². The van der Waals surface area contributed by atoms with E-state index >= 15 is 0 Å². The van der Waals surface area contributed by atoms with Crippen molar-refractivity contribution >= 4 is 98.0 Å². The zero-order valence-electron chi connectivity index (χ0n) is 36.1. The van der Waals surface area contributed by atoms with Gasteiger partial charge in [-0.1, -0.05) is 160 Å². The molecule has 65 heavy (non-hydrogen) atoms. The highest BCUT2D eigenvalue weighted by Gasteiger charge is 2.53. The maximum atomic E-state index is 7.25. The lowest BCUT2D eigenvalue weighted by molar-refractivity contribution is 0.325. The Balaban J connectivity index is 1.13.